The zero-order chi connectivity index (χ0) is 18.5. The maximum atomic E-state index is 12.4. The molecule has 3 rings (SSSR count). The Balaban J connectivity index is 1.81. The van der Waals surface area contributed by atoms with Crippen molar-refractivity contribution in [1.82, 2.24) is 9.97 Å². The second-order valence-corrected chi connectivity index (χ2v) is 6.18. The van der Waals surface area contributed by atoms with Crippen molar-refractivity contribution in [1.29, 1.82) is 0 Å². The molecule has 0 spiro atoms. The van der Waals surface area contributed by atoms with Gasteiger partial charge < -0.3 is 11.1 Å². The SMILES string of the molecule is Cc1nc(N=C(N)Nc2ccccc2)[nH]c(=O)c1Cc1ccc(Cl)cc1. The Morgan fingerprint density at radius 2 is 1.88 bits per heavy atom. The number of aromatic amines is 1. The number of aromatic nitrogens is 2. The summed E-state index contributed by atoms with van der Waals surface area (Å²) in [5, 5.41) is 3.60. The van der Waals surface area contributed by atoms with Gasteiger partial charge in [-0.3, -0.25) is 9.78 Å². The van der Waals surface area contributed by atoms with Crippen LogP contribution >= 0.6 is 11.6 Å². The summed E-state index contributed by atoms with van der Waals surface area (Å²) in [6.45, 7) is 1.78. The van der Waals surface area contributed by atoms with Crippen LogP contribution in [0.4, 0.5) is 11.6 Å². The summed E-state index contributed by atoms with van der Waals surface area (Å²) >= 11 is 5.89. The predicted octanol–water partition coefficient (Wildman–Crippen LogP) is 3.38. The van der Waals surface area contributed by atoms with Gasteiger partial charge in [0, 0.05) is 22.7 Å². The first kappa shape index (κ1) is 17.7. The molecule has 7 heteroatoms. The van der Waals surface area contributed by atoms with E-state index in [-0.39, 0.29) is 17.5 Å². The van der Waals surface area contributed by atoms with E-state index in [9.17, 15) is 4.79 Å². The van der Waals surface area contributed by atoms with E-state index in [2.05, 4.69) is 20.3 Å². The standard InChI is InChI=1S/C19H18ClN5O/c1-12-16(11-13-7-9-14(20)10-8-13)17(26)24-19(22-12)25-18(21)23-15-5-3-2-4-6-15/h2-10H,11H2,1H3,(H4,21,22,23,24,25,26). The van der Waals surface area contributed by atoms with E-state index < -0.39 is 0 Å². The van der Waals surface area contributed by atoms with Gasteiger partial charge >= 0.3 is 0 Å². The van der Waals surface area contributed by atoms with Crippen LogP contribution in [0, 0.1) is 6.92 Å². The number of hydrogen-bond donors (Lipinski definition) is 3. The molecule has 0 amide bonds. The molecule has 6 nitrogen and oxygen atoms in total. The van der Waals surface area contributed by atoms with Crippen molar-refractivity contribution in [3.05, 3.63) is 86.8 Å². The van der Waals surface area contributed by atoms with E-state index in [0.29, 0.717) is 22.7 Å². The third-order valence-corrected chi connectivity index (χ3v) is 4.03. The largest absolute Gasteiger partial charge is 0.369 e. The number of nitrogens with two attached hydrogens (primary N) is 1. The Morgan fingerprint density at radius 3 is 2.54 bits per heavy atom. The van der Waals surface area contributed by atoms with Gasteiger partial charge in [-0.1, -0.05) is 41.9 Å². The van der Waals surface area contributed by atoms with E-state index in [1.54, 1.807) is 19.1 Å². The first-order valence-electron chi connectivity index (χ1n) is 8.02. The molecule has 0 saturated heterocycles. The number of guanidine groups is 1. The highest BCUT2D eigenvalue weighted by molar-refractivity contribution is 6.30. The number of para-hydroxylation sites is 1. The number of rotatable bonds is 4. The van der Waals surface area contributed by atoms with Crippen molar-refractivity contribution in [2.45, 2.75) is 13.3 Å². The normalized spacial score (nSPS) is 11.4. The van der Waals surface area contributed by atoms with Crippen molar-refractivity contribution in [3.8, 4) is 0 Å². The molecule has 26 heavy (non-hydrogen) atoms. The molecule has 0 aliphatic carbocycles. The molecule has 3 aromatic rings. The van der Waals surface area contributed by atoms with Crippen LogP contribution in [0.15, 0.2) is 64.4 Å². The summed E-state index contributed by atoms with van der Waals surface area (Å²) in [5.41, 5.74) is 8.61. The Morgan fingerprint density at radius 1 is 1.19 bits per heavy atom. The molecule has 2 aromatic carbocycles. The molecular formula is C19H18ClN5O. The van der Waals surface area contributed by atoms with Crippen LogP contribution in [0.1, 0.15) is 16.8 Å². The third-order valence-electron chi connectivity index (χ3n) is 3.78. The highest BCUT2D eigenvalue weighted by Crippen LogP contribution is 2.14. The van der Waals surface area contributed by atoms with E-state index in [4.69, 9.17) is 17.3 Å². The van der Waals surface area contributed by atoms with Gasteiger partial charge in [0.2, 0.25) is 11.9 Å². The first-order valence-corrected chi connectivity index (χ1v) is 8.39. The minimum Gasteiger partial charge on any atom is -0.369 e. The second kappa shape index (κ2) is 7.84. The average molecular weight is 368 g/mol. The van der Waals surface area contributed by atoms with Gasteiger partial charge in [0.25, 0.3) is 5.56 Å². The number of benzene rings is 2. The second-order valence-electron chi connectivity index (χ2n) is 5.74. The topological polar surface area (TPSA) is 96.2 Å². The molecule has 0 saturated carbocycles. The molecule has 4 N–H and O–H groups in total. The van der Waals surface area contributed by atoms with E-state index in [1.807, 2.05) is 42.5 Å². The molecule has 0 aliphatic heterocycles. The van der Waals surface area contributed by atoms with E-state index in [0.717, 1.165) is 11.3 Å². The maximum Gasteiger partial charge on any atom is 0.256 e. The minimum absolute atomic E-state index is 0.143. The minimum atomic E-state index is -0.237. The Hall–Kier alpha value is -3.12. The van der Waals surface area contributed by atoms with Gasteiger partial charge in [-0.05, 0) is 36.8 Å². The fourth-order valence-corrected chi connectivity index (χ4v) is 2.60. The van der Waals surface area contributed by atoms with Crippen molar-refractivity contribution in [3.63, 3.8) is 0 Å². The van der Waals surface area contributed by atoms with Crippen LogP contribution in [0.3, 0.4) is 0 Å². The quantitative estimate of drug-likeness (QED) is 0.486. The van der Waals surface area contributed by atoms with Crippen molar-refractivity contribution in [2.75, 3.05) is 5.32 Å². The highest BCUT2D eigenvalue weighted by atomic mass is 35.5. The Bertz CT molecular complexity index is 981. The van der Waals surface area contributed by atoms with Crippen molar-refractivity contribution in [2.24, 2.45) is 10.7 Å². The van der Waals surface area contributed by atoms with Crippen LogP contribution in [-0.4, -0.2) is 15.9 Å². The number of nitrogens with one attached hydrogen (secondary N) is 2. The summed E-state index contributed by atoms with van der Waals surface area (Å²) < 4.78 is 0. The molecule has 0 radical (unpaired) electrons. The molecule has 0 bridgehead atoms. The highest BCUT2D eigenvalue weighted by Gasteiger charge is 2.09. The average Bonchev–Trinajstić information content (AvgIpc) is 2.60. The number of H-pyrrole nitrogens is 1. The Kier molecular flexibility index (Phi) is 5.34. The lowest BCUT2D eigenvalue weighted by molar-refractivity contribution is 0.973. The number of aliphatic imine (C=N–C) groups is 1. The lowest BCUT2D eigenvalue weighted by Crippen LogP contribution is -2.23. The van der Waals surface area contributed by atoms with Gasteiger partial charge in [-0.15, -0.1) is 0 Å². The number of hydrogen-bond acceptors (Lipinski definition) is 3. The fourth-order valence-electron chi connectivity index (χ4n) is 2.47. The maximum absolute atomic E-state index is 12.4. The smallest absolute Gasteiger partial charge is 0.256 e. The summed E-state index contributed by atoms with van der Waals surface area (Å²) in [6, 6.07) is 16.7. The molecular weight excluding hydrogens is 350 g/mol. The van der Waals surface area contributed by atoms with E-state index in [1.165, 1.54) is 0 Å². The van der Waals surface area contributed by atoms with E-state index >= 15 is 0 Å². The summed E-state index contributed by atoms with van der Waals surface area (Å²) in [7, 11) is 0. The molecule has 0 aliphatic rings. The lowest BCUT2D eigenvalue weighted by Gasteiger charge is -2.07. The number of halogens is 1. The monoisotopic (exact) mass is 367 g/mol. The molecule has 0 unspecified atom stereocenters. The zero-order valence-corrected chi connectivity index (χ0v) is 14.9. The van der Waals surface area contributed by atoms with Gasteiger partial charge in [0.1, 0.15) is 0 Å². The van der Waals surface area contributed by atoms with Gasteiger partial charge in [0.15, 0.2) is 0 Å². The van der Waals surface area contributed by atoms with Crippen LogP contribution in [0.25, 0.3) is 0 Å². The molecule has 1 heterocycles. The fraction of sp³-hybridized carbons (Fsp3) is 0.105. The Labute approximate surface area is 155 Å². The van der Waals surface area contributed by atoms with Crippen molar-refractivity contribution < 1.29 is 0 Å². The molecule has 132 valence electrons. The first-order chi connectivity index (χ1) is 12.5. The van der Waals surface area contributed by atoms with Gasteiger partial charge in [-0.25, -0.2) is 4.98 Å². The van der Waals surface area contributed by atoms with Crippen LogP contribution in [0.5, 0.6) is 0 Å². The summed E-state index contributed by atoms with van der Waals surface area (Å²) in [5.74, 6) is 0.303. The molecule has 0 fully saturated rings. The predicted molar refractivity (Wildman–Crippen MR) is 105 cm³/mol. The number of anilines is 1. The number of aryl methyl sites for hydroxylation is 1. The third kappa shape index (κ3) is 4.49. The number of nitrogens with zero attached hydrogens (tertiary/aromatic N) is 2. The van der Waals surface area contributed by atoms with Crippen LogP contribution in [0.2, 0.25) is 5.02 Å². The molecule has 0 atom stereocenters. The molecule has 1 aromatic heterocycles. The van der Waals surface area contributed by atoms with Crippen LogP contribution in [-0.2, 0) is 6.42 Å². The summed E-state index contributed by atoms with van der Waals surface area (Å²) in [6.07, 6.45) is 0.465. The summed E-state index contributed by atoms with van der Waals surface area (Å²) in [4.78, 5) is 23.6. The van der Waals surface area contributed by atoms with Crippen molar-refractivity contribution >= 4 is 29.2 Å². The van der Waals surface area contributed by atoms with Gasteiger partial charge in [-0.2, -0.15) is 4.99 Å². The van der Waals surface area contributed by atoms with Crippen LogP contribution < -0.4 is 16.6 Å². The lowest BCUT2D eigenvalue weighted by atomic mass is 10.1. The zero-order valence-electron chi connectivity index (χ0n) is 14.2. The van der Waals surface area contributed by atoms with Gasteiger partial charge in [0.05, 0.1) is 5.69 Å².